The number of ether oxygens (including phenoxy) is 2. The Morgan fingerprint density at radius 1 is 0.809 bits per heavy atom. The highest BCUT2D eigenvalue weighted by Gasteiger charge is 2.54. The maximum absolute atomic E-state index is 9.12. The van der Waals surface area contributed by atoms with E-state index in [1.807, 2.05) is 7.05 Å². The predicted octanol–water partition coefficient (Wildman–Crippen LogP) is 12.9. The SMILES string of the molecule is Cc1ccc(C(OCc2ccc3c(c2)C(C)(C)C2=[N+]3CCC3OC4CCN5C(=C4C=C23)C(C)(C)c2cc(COP(OCCC#N)N(C)C(C)C)ccc25)(c2ccccc2)c2ccccc2)cc1.[CH3-]. The second kappa shape index (κ2) is 18.9. The summed E-state index contributed by atoms with van der Waals surface area (Å²) in [6.07, 6.45) is 4.90. The Labute approximate surface area is 406 Å². The van der Waals surface area contributed by atoms with Crippen LogP contribution in [-0.2, 0) is 48.2 Å². The minimum absolute atomic E-state index is 0. The van der Waals surface area contributed by atoms with Gasteiger partial charge in [-0.1, -0.05) is 123 Å². The van der Waals surface area contributed by atoms with E-state index in [9.17, 15) is 0 Å². The minimum atomic E-state index is -1.30. The fraction of sp³-hybridized carbons (Fsp3) is 0.373. The van der Waals surface area contributed by atoms with Crippen molar-refractivity contribution >= 4 is 25.6 Å². The second-order valence-electron chi connectivity index (χ2n) is 20.2. The van der Waals surface area contributed by atoms with E-state index in [1.165, 1.54) is 50.6 Å². The molecule has 3 unspecified atom stereocenters. The first-order valence-corrected chi connectivity index (χ1v) is 25.2. The van der Waals surface area contributed by atoms with Gasteiger partial charge in [-0.3, -0.25) is 0 Å². The molecule has 5 aromatic rings. The molecule has 0 radical (unpaired) electrons. The molecule has 0 aliphatic carbocycles. The Kier molecular flexibility index (Phi) is 13.3. The lowest BCUT2D eigenvalue weighted by atomic mass is 9.73. The quantitative estimate of drug-likeness (QED) is 0.0361. The summed E-state index contributed by atoms with van der Waals surface area (Å²) in [5.74, 6) is 0. The van der Waals surface area contributed by atoms with E-state index in [0.717, 1.165) is 53.7 Å². The molecule has 0 spiro atoms. The van der Waals surface area contributed by atoms with Gasteiger partial charge in [0, 0.05) is 58.6 Å². The molecular formula is C59H67N4O4P. The number of hydrogen-bond donors (Lipinski definition) is 0. The van der Waals surface area contributed by atoms with Crippen molar-refractivity contribution in [3.05, 3.63) is 196 Å². The highest BCUT2D eigenvalue weighted by molar-refractivity contribution is 7.44. The topological polar surface area (TPSA) is 70.2 Å². The number of nitriles is 1. The van der Waals surface area contributed by atoms with E-state index in [2.05, 4.69) is 196 Å². The summed E-state index contributed by atoms with van der Waals surface area (Å²) in [4.78, 5) is 2.56. The van der Waals surface area contributed by atoms with Crippen molar-refractivity contribution in [2.75, 3.05) is 31.6 Å². The number of hydrogen-bond acceptors (Lipinski definition) is 7. The molecule has 0 aromatic heterocycles. The van der Waals surface area contributed by atoms with Gasteiger partial charge in [-0.2, -0.15) is 9.84 Å². The van der Waals surface area contributed by atoms with Gasteiger partial charge in [-0.25, -0.2) is 4.67 Å². The van der Waals surface area contributed by atoms with Crippen LogP contribution in [0.3, 0.4) is 0 Å². The Morgan fingerprint density at radius 2 is 1.46 bits per heavy atom. The van der Waals surface area contributed by atoms with Crippen LogP contribution < -0.4 is 4.90 Å². The van der Waals surface area contributed by atoms with Gasteiger partial charge < -0.3 is 30.8 Å². The number of anilines is 1. The van der Waals surface area contributed by atoms with Gasteiger partial charge in [0.15, 0.2) is 12.3 Å². The Bertz CT molecular complexity index is 2770. The third kappa shape index (κ3) is 8.19. The zero-order valence-electron chi connectivity index (χ0n) is 41.4. The van der Waals surface area contributed by atoms with Gasteiger partial charge in [-0.05, 0) is 99.7 Å². The molecular weight excluding hydrogens is 860 g/mol. The van der Waals surface area contributed by atoms with Crippen molar-refractivity contribution in [2.24, 2.45) is 0 Å². The lowest BCUT2D eigenvalue weighted by Crippen LogP contribution is -2.47. The molecule has 8 nitrogen and oxygen atoms in total. The third-order valence-corrected chi connectivity index (χ3v) is 16.7. The standard InChI is InChI=1S/C58H64N4O4P.CH3/c1-39(2)60(8)67(64-33-15-30-59)65-38-42-23-27-51-49(35-42)57(6,7)55-47-36-46-52(66-53(47)29-32-62(51)55)28-31-61-50-26-22-41(34-48(50)56(4,5)54(46)61)37-63-58(43-16-11-9-12-17-43,44-18-13-10-14-19-44)45-24-20-40(3)21-25-45;/h9-14,16-27,34-36,39,52-53H,15,28-29,31-33,37-38H2,1-8H3;1H3/q+1;-1. The van der Waals surface area contributed by atoms with Crippen LogP contribution >= 0.6 is 8.53 Å². The summed E-state index contributed by atoms with van der Waals surface area (Å²) in [6, 6.07) is 46.4. The molecule has 352 valence electrons. The van der Waals surface area contributed by atoms with Gasteiger partial charge in [0.25, 0.3) is 8.53 Å². The second-order valence-corrected chi connectivity index (χ2v) is 21.8. The number of benzene rings is 5. The van der Waals surface area contributed by atoms with Gasteiger partial charge in [0.1, 0.15) is 5.60 Å². The van der Waals surface area contributed by atoms with Gasteiger partial charge in [0.2, 0.25) is 5.69 Å². The van der Waals surface area contributed by atoms with Crippen molar-refractivity contribution < 1.29 is 23.1 Å². The lowest BCUT2D eigenvalue weighted by molar-refractivity contribution is -0.445. The third-order valence-electron chi connectivity index (χ3n) is 14.9. The Morgan fingerprint density at radius 3 is 2.13 bits per heavy atom. The molecule has 0 saturated heterocycles. The van der Waals surface area contributed by atoms with E-state index in [0.29, 0.717) is 26.2 Å². The van der Waals surface area contributed by atoms with Crippen LogP contribution in [0.4, 0.5) is 11.4 Å². The van der Waals surface area contributed by atoms with Gasteiger partial charge in [-0.15, -0.1) is 0 Å². The van der Waals surface area contributed by atoms with Crippen LogP contribution in [0.5, 0.6) is 0 Å². The van der Waals surface area contributed by atoms with E-state index in [1.54, 1.807) is 0 Å². The molecule has 0 bridgehead atoms. The first kappa shape index (κ1) is 47.8. The van der Waals surface area contributed by atoms with Gasteiger partial charge in [0.05, 0.1) is 49.9 Å². The molecule has 5 aliphatic heterocycles. The number of aryl methyl sites for hydroxylation is 1. The van der Waals surface area contributed by atoms with Crippen LogP contribution in [0.25, 0.3) is 0 Å². The Balaban J connectivity index is 0.00000578. The molecule has 0 saturated carbocycles. The summed E-state index contributed by atoms with van der Waals surface area (Å²) in [5.41, 5.74) is 16.0. The lowest BCUT2D eigenvalue weighted by Gasteiger charge is -2.42. The smallest absolute Gasteiger partial charge is 0.259 e. The summed E-state index contributed by atoms with van der Waals surface area (Å²) in [7, 11) is 0.729. The van der Waals surface area contributed by atoms with Crippen LogP contribution in [0.1, 0.15) is 105 Å². The summed E-state index contributed by atoms with van der Waals surface area (Å²) in [5, 5.41) is 9.12. The van der Waals surface area contributed by atoms with E-state index in [-0.39, 0.29) is 36.5 Å². The molecule has 0 fully saturated rings. The number of nitrogens with zero attached hydrogens (tertiary/aromatic N) is 4. The highest BCUT2D eigenvalue weighted by atomic mass is 31.2. The predicted molar refractivity (Wildman–Crippen MR) is 275 cm³/mol. The maximum Gasteiger partial charge on any atom is 0.259 e. The van der Waals surface area contributed by atoms with Crippen molar-refractivity contribution in [1.82, 2.24) is 4.67 Å². The van der Waals surface area contributed by atoms with Crippen LogP contribution in [0.2, 0.25) is 0 Å². The molecule has 10 rings (SSSR count). The Hall–Kier alpha value is -5.23. The van der Waals surface area contributed by atoms with E-state index >= 15 is 0 Å². The first-order chi connectivity index (χ1) is 32.3. The molecule has 5 aliphatic rings. The summed E-state index contributed by atoms with van der Waals surface area (Å²) >= 11 is 0. The molecule has 0 N–H and O–H groups in total. The molecule has 5 heterocycles. The minimum Gasteiger partial charge on any atom is -0.365 e. The number of fused-ring (bicyclic) bond motifs is 8. The van der Waals surface area contributed by atoms with Crippen LogP contribution in [-0.4, -0.2) is 60.0 Å². The zero-order valence-corrected chi connectivity index (χ0v) is 42.3. The van der Waals surface area contributed by atoms with Gasteiger partial charge >= 0.3 is 0 Å². The molecule has 68 heavy (non-hydrogen) atoms. The van der Waals surface area contributed by atoms with Crippen molar-refractivity contribution in [1.29, 1.82) is 5.26 Å². The largest absolute Gasteiger partial charge is 0.365 e. The van der Waals surface area contributed by atoms with Crippen molar-refractivity contribution in [3.63, 3.8) is 0 Å². The van der Waals surface area contributed by atoms with Crippen molar-refractivity contribution in [2.45, 2.75) is 116 Å². The number of rotatable bonds is 14. The molecule has 3 atom stereocenters. The average Bonchev–Trinajstić information content (AvgIpc) is 3.72. The molecule has 0 amide bonds. The highest BCUT2D eigenvalue weighted by Crippen LogP contribution is 2.55. The fourth-order valence-electron chi connectivity index (χ4n) is 11.3. The van der Waals surface area contributed by atoms with Crippen molar-refractivity contribution in [3.8, 4) is 6.07 Å². The van der Waals surface area contributed by atoms with E-state index in [4.69, 9.17) is 23.8 Å². The van der Waals surface area contributed by atoms with Crippen LogP contribution in [0.15, 0.2) is 144 Å². The monoisotopic (exact) mass is 926 g/mol. The average molecular weight is 927 g/mol. The fourth-order valence-corrected chi connectivity index (χ4v) is 12.7. The maximum atomic E-state index is 9.12. The first-order valence-electron chi connectivity index (χ1n) is 24.1. The summed E-state index contributed by atoms with van der Waals surface area (Å²) < 4.78 is 31.8. The summed E-state index contributed by atoms with van der Waals surface area (Å²) in [6.45, 7) is 19.0. The van der Waals surface area contributed by atoms with Crippen LogP contribution in [0, 0.1) is 25.7 Å². The zero-order chi connectivity index (χ0) is 46.7. The normalized spacial score (nSPS) is 20.1. The van der Waals surface area contributed by atoms with E-state index < -0.39 is 14.1 Å². The molecule has 5 aromatic carbocycles. The number of allylic oxidation sites excluding steroid dienone is 1. The molecule has 9 heteroatoms.